The van der Waals surface area contributed by atoms with E-state index in [1.165, 1.54) is 12.8 Å². The number of hydrogen-bond acceptors (Lipinski definition) is 0. The van der Waals surface area contributed by atoms with Gasteiger partial charge in [-0.2, -0.15) is 0 Å². The number of rotatable bonds is 0. The molecular weight excluding hydrogens is 168 g/mol. The predicted octanol–water partition coefficient (Wildman–Crippen LogP) is 4.37. The lowest BCUT2D eigenvalue weighted by molar-refractivity contribution is 0.994. The summed E-state index contributed by atoms with van der Waals surface area (Å²) in [5.74, 6) is 0. The average Bonchev–Trinajstić information content (AvgIpc) is 2.22. The van der Waals surface area contributed by atoms with E-state index in [9.17, 15) is 0 Å². The van der Waals surface area contributed by atoms with E-state index in [1.54, 1.807) is 0 Å². The van der Waals surface area contributed by atoms with E-state index in [0.717, 1.165) is 25.7 Å². The fraction of sp³-hybridized carbons (Fsp3) is 0.429. The van der Waals surface area contributed by atoms with Crippen LogP contribution in [0.4, 0.5) is 0 Å². The molecule has 14 heavy (non-hydrogen) atoms. The first-order valence-electron chi connectivity index (χ1n) is 5.50. The second kappa shape index (κ2) is 8.55. The first-order chi connectivity index (χ1) is 7.00. The molecule has 0 bridgehead atoms. The molecule has 0 aromatic heterocycles. The van der Waals surface area contributed by atoms with Gasteiger partial charge in [0.05, 0.1) is 0 Å². The maximum Gasteiger partial charge on any atom is -0.00978 e. The summed E-state index contributed by atoms with van der Waals surface area (Å²) in [6, 6.07) is 0. The van der Waals surface area contributed by atoms with Crippen molar-refractivity contribution in [1.82, 2.24) is 0 Å². The zero-order valence-electron chi connectivity index (χ0n) is 8.78. The molecule has 0 nitrogen and oxygen atoms in total. The fourth-order valence-electron chi connectivity index (χ4n) is 1.33. The third-order valence-electron chi connectivity index (χ3n) is 2.13. The summed E-state index contributed by atoms with van der Waals surface area (Å²) in [5, 5.41) is 0. The van der Waals surface area contributed by atoms with Crippen molar-refractivity contribution < 1.29 is 0 Å². The monoisotopic (exact) mass is 187 g/mol. The molecule has 1 radical (unpaired) electrons. The van der Waals surface area contributed by atoms with Crippen LogP contribution in [-0.4, -0.2) is 0 Å². The van der Waals surface area contributed by atoms with Crippen LogP contribution < -0.4 is 0 Å². The highest BCUT2D eigenvalue weighted by molar-refractivity contribution is 4.97. The Morgan fingerprint density at radius 3 is 2.14 bits per heavy atom. The highest BCUT2D eigenvalue weighted by Gasteiger charge is 1.80. The van der Waals surface area contributed by atoms with Crippen LogP contribution in [0.15, 0.2) is 42.5 Å². The van der Waals surface area contributed by atoms with E-state index < -0.39 is 0 Å². The van der Waals surface area contributed by atoms with E-state index in [2.05, 4.69) is 48.6 Å². The Hall–Kier alpha value is -1.04. The Bertz CT molecular complexity index is 204. The van der Waals surface area contributed by atoms with E-state index in [4.69, 9.17) is 0 Å². The minimum Gasteiger partial charge on any atom is -0.0882 e. The van der Waals surface area contributed by atoms with Crippen LogP contribution in [0, 0.1) is 6.08 Å². The third kappa shape index (κ3) is 6.47. The Labute approximate surface area is 87.7 Å². The lowest BCUT2D eigenvalue weighted by atomic mass is 10.2. The van der Waals surface area contributed by atoms with Crippen LogP contribution in [0.3, 0.4) is 0 Å². The highest BCUT2D eigenvalue weighted by atomic mass is 13.9. The van der Waals surface area contributed by atoms with Crippen LogP contribution in [0.5, 0.6) is 0 Å². The van der Waals surface area contributed by atoms with Crippen molar-refractivity contribution in [2.24, 2.45) is 0 Å². The smallest absolute Gasteiger partial charge is 0.00978 e. The van der Waals surface area contributed by atoms with Crippen molar-refractivity contribution >= 4 is 0 Å². The van der Waals surface area contributed by atoms with E-state index in [-0.39, 0.29) is 0 Å². The lowest BCUT2D eigenvalue weighted by Gasteiger charge is -1.90. The molecule has 0 aliphatic heterocycles. The second-order valence-electron chi connectivity index (χ2n) is 3.42. The molecule has 1 aliphatic rings. The summed E-state index contributed by atoms with van der Waals surface area (Å²) in [6.07, 6.45) is 25.5. The van der Waals surface area contributed by atoms with Gasteiger partial charge in [-0.05, 0) is 44.6 Å². The van der Waals surface area contributed by atoms with Crippen molar-refractivity contribution in [2.75, 3.05) is 0 Å². The molecule has 0 saturated heterocycles. The van der Waals surface area contributed by atoms with Gasteiger partial charge in [0, 0.05) is 0 Å². The van der Waals surface area contributed by atoms with Crippen LogP contribution in [0.1, 0.15) is 38.5 Å². The molecule has 0 N–H and O–H groups in total. The molecule has 1 aliphatic carbocycles. The van der Waals surface area contributed by atoms with Gasteiger partial charge in [-0.15, -0.1) is 0 Å². The highest BCUT2D eigenvalue weighted by Crippen LogP contribution is 2.00. The summed E-state index contributed by atoms with van der Waals surface area (Å²) in [6.45, 7) is 0. The summed E-state index contributed by atoms with van der Waals surface area (Å²) in [5.41, 5.74) is 0. The summed E-state index contributed by atoms with van der Waals surface area (Å²) in [7, 11) is 0. The van der Waals surface area contributed by atoms with Crippen molar-refractivity contribution in [3.8, 4) is 0 Å². The molecule has 0 spiro atoms. The molecule has 0 fully saturated rings. The van der Waals surface area contributed by atoms with Crippen molar-refractivity contribution in [1.29, 1.82) is 0 Å². The van der Waals surface area contributed by atoms with Crippen LogP contribution in [0.2, 0.25) is 0 Å². The Morgan fingerprint density at radius 1 is 0.643 bits per heavy atom. The molecule has 0 heteroatoms. The third-order valence-corrected chi connectivity index (χ3v) is 2.13. The van der Waals surface area contributed by atoms with Gasteiger partial charge >= 0.3 is 0 Å². The molecule has 0 unspecified atom stereocenters. The summed E-state index contributed by atoms with van der Waals surface area (Å²) >= 11 is 0. The quantitative estimate of drug-likeness (QED) is 0.494. The minimum absolute atomic E-state index is 0.956. The molecule has 0 saturated carbocycles. The van der Waals surface area contributed by atoms with Gasteiger partial charge in [0.2, 0.25) is 0 Å². The largest absolute Gasteiger partial charge is 0.0882 e. The molecule has 75 valence electrons. The van der Waals surface area contributed by atoms with Crippen LogP contribution in [0.25, 0.3) is 0 Å². The van der Waals surface area contributed by atoms with Gasteiger partial charge in [0.15, 0.2) is 0 Å². The summed E-state index contributed by atoms with van der Waals surface area (Å²) in [4.78, 5) is 0. The fourth-order valence-corrected chi connectivity index (χ4v) is 1.33. The van der Waals surface area contributed by atoms with Gasteiger partial charge in [-0.3, -0.25) is 0 Å². The normalized spacial score (nSPS) is 19.4. The lowest BCUT2D eigenvalue weighted by Crippen LogP contribution is -1.70. The van der Waals surface area contributed by atoms with E-state index >= 15 is 0 Å². The average molecular weight is 187 g/mol. The Balaban J connectivity index is 2.34. The zero-order valence-corrected chi connectivity index (χ0v) is 8.78. The van der Waals surface area contributed by atoms with Crippen LogP contribution in [-0.2, 0) is 0 Å². The van der Waals surface area contributed by atoms with Gasteiger partial charge in [-0.25, -0.2) is 0 Å². The molecule has 0 amide bonds. The van der Waals surface area contributed by atoms with E-state index in [0.29, 0.717) is 0 Å². The molecular formula is C14H19. The SMILES string of the molecule is [C]1=CCCC=CCCC=CCC=CC1. The van der Waals surface area contributed by atoms with Gasteiger partial charge in [0.1, 0.15) is 0 Å². The van der Waals surface area contributed by atoms with Crippen molar-refractivity contribution in [3.05, 3.63) is 48.6 Å². The molecule has 0 aromatic rings. The minimum atomic E-state index is 0.956. The van der Waals surface area contributed by atoms with Crippen molar-refractivity contribution in [3.63, 3.8) is 0 Å². The Morgan fingerprint density at radius 2 is 1.29 bits per heavy atom. The maximum atomic E-state index is 3.27. The predicted molar refractivity (Wildman–Crippen MR) is 62.9 cm³/mol. The topological polar surface area (TPSA) is 0 Å². The maximum absolute atomic E-state index is 3.27. The van der Waals surface area contributed by atoms with Crippen LogP contribution >= 0.6 is 0 Å². The summed E-state index contributed by atoms with van der Waals surface area (Å²) < 4.78 is 0. The molecule has 1 rings (SSSR count). The van der Waals surface area contributed by atoms with E-state index in [1.807, 2.05) is 0 Å². The first kappa shape index (κ1) is 11.0. The van der Waals surface area contributed by atoms with Gasteiger partial charge < -0.3 is 0 Å². The molecule has 0 aromatic carbocycles. The first-order valence-corrected chi connectivity index (χ1v) is 5.50. The van der Waals surface area contributed by atoms with Gasteiger partial charge in [0.25, 0.3) is 0 Å². The molecule has 0 heterocycles. The van der Waals surface area contributed by atoms with Gasteiger partial charge in [-0.1, -0.05) is 42.5 Å². The number of allylic oxidation sites excluding steroid dienone is 8. The Kier molecular flexibility index (Phi) is 6.74. The molecule has 0 atom stereocenters. The second-order valence-corrected chi connectivity index (χ2v) is 3.42. The van der Waals surface area contributed by atoms with Crippen molar-refractivity contribution in [2.45, 2.75) is 38.5 Å². The standard InChI is InChI=1S/C14H19/c1-2-4-6-8-10-12-14-13-11-9-7-5-3-1/h1-2,5,7-8,10,13H,3-4,6,9,12,14H2. The zero-order chi connectivity index (χ0) is 9.90. The number of hydrogen-bond donors (Lipinski definition) is 0.